The molecule has 3 aromatic carbocycles. The van der Waals surface area contributed by atoms with Crippen LogP contribution in [0.3, 0.4) is 0 Å². The Hall–Kier alpha value is -3.73. The molecule has 0 bridgehead atoms. The average Bonchev–Trinajstić information content (AvgIpc) is 3.11. The predicted molar refractivity (Wildman–Crippen MR) is 200 cm³/mol. The normalized spacial score (nSPS) is 10.9. The first-order valence-corrected chi connectivity index (χ1v) is 18.7. The zero-order chi connectivity index (χ0) is 34.1. The molecule has 0 fully saturated rings. The Morgan fingerprint density at radius 1 is 0.542 bits per heavy atom. The molecule has 0 aliphatic carbocycles. The predicted octanol–water partition coefficient (Wildman–Crippen LogP) is 12.6. The third-order valence-electron chi connectivity index (χ3n) is 8.52. The summed E-state index contributed by atoms with van der Waals surface area (Å²) in [5, 5.41) is 0. The van der Waals surface area contributed by atoms with Crippen LogP contribution in [0.2, 0.25) is 0 Å². The molecule has 262 valence electrons. The Bertz CT molecular complexity index is 1280. The number of carbonyl (C=O) groups excluding carboxylic acids is 1. The number of hydrogen-bond donors (Lipinski definition) is 0. The van der Waals surface area contributed by atoms with Crippen molar-refractivity contribution in [1.82, 2.24) is 0 Å². The summed E-state index contributed by atoms with van der Waals surface area (Å²) in [5.41, 5.74) is 2.50. The van der Waals surface area contributed by atoms with E-state index in [0.717, 1.165) is 55.6 Å². The Labute approximate surface area is 291 Å². The molecule has 0 heterocycles. The molecule has 0 atom stereocenters. The van der Waals surface area contributed by atoms with Crippen LogP contribution < -0.4 is 18.9 Å². The number of rotatable bonds is 27. The van der Waals surface area contributed by atoms with Gasteiger partial charge in [0.05, 0.1) is 19.8 Å². The molecule has 0 radical (unpaired) electrons. The minimum atomic E-state index is -0.461. The summed E-state index contributed by atoms with van der Waals surface area (Å²) >= 11 is 0. The fraction of sp³-hybridized carbons (Fsp3) is 0.512. The lowest BCUT2D eigenvalue weighted by molar-refractivity contribution is 0.0730. The molecule has 0 saturated heterocycles. The lowest BCUT2D eigenvalue weighted by Crippen LogP contribution is -2.12. The largest absolute Gasteiger partial charge is 0.494 e. The molecule has 0 spiro atoms. The van der Waals surface area contributed by atoms with Crippen LogP contribution in [0, 0.1) is 0 Å². The van der Waals surface area contributed by atoms with E-state index >= 15 is 0 Å². The van der Waals surface area contributed by atoms with Crippen LogP contribution in [0.25, 0.3) is 11.1 Å². The van der Waals surface area contributed by atoms with Crippen molar-refractivity contribution in [2.75, 3.05) is 19.8 Å². The first-order chi connectivity index (χ1) is 23.6. The highest BCUT2D eigenvalue weighted by Crippen LogP contribution is 2.29. The lowest BCUT2D eigenvalue weighted by atomic mass is 10.1. The van der Waals surface area contributed by atoms with Crippen LogP contribution in [0.5, 0.6) is 23.0 Å². The van der Waals surface area contributed by atoms with Crippen LogP contribution in [-0.4, -0.2) is 25.8 Å². The molecule has 48 heavy (non-hydrogen) atoms. The van der Waals surface area contributed by atoms with Crippen molar-refractivity contribution in [3.05, 3.63) is 84.9 Å². The van der Waals surface area contributed by atoms with Gasteiger partial charge in [-0.2, -0.15) is 0 Å². The second kappa shape index (κ2) is 24.4. The minimum absolute atomic E-state index is 0.377. The van der Waals surface area contributed by atoms with E-state index in [0.29, 0.717) is 36.0 Å². The van der Waals surface area contributed by atoms with Crippen LogP contribution in [0.1, 0.15) is 133 Å². The van der Waals surface area contributed by atoms with Gasteiger partial charge < -0.3 is 18.9 Å². The molecule has 0 aliphatic heterocycles. The van der Waals surface area contributed by atoms with Gasteiger partial charge >= 0.3 is 5.97 Å². The number of esters is 1. The molecule has 0 N–H and O–H groups in total. The van der Waals surface area contributed by atoms with E-state index in [2.05, 4.69) is 32.6 Å². The molecular weight excluding hydrogens is 596 g/mol. The molecule has 3 aromatic rings. The number of hydrogen-bond acceptors (Lipinski definition) is 5. The second-order valence-corrected chi connectivity index (χ2v) is 12.7. The molecule has 5 heteroatoms. The standard InChI is InChI=1S/C43H60O5/c1-4-7-10-12-14-15-16-18-20-32-45-38-26-22-36(23-27-38)37-24-28-39(29-25-37)48-43(44)41-31-30-40(35-42(41)47-34-19-9-6-3)46-33-21-17-13-11-8-5-2/h6,22-31,35H,3-5,7-21,32-34H2,1-2H3. The van der Waals surface area contributed by atoms with E-state index in [-0.39, 0.29) is 0 Å². The molecule has 3 rings (SSSR count). The summed E-state index contributed by atoms with van der Waals surface area (Å²) in [6.45, 7) is 10.1. The van der Waals surface area contributed by atoms with E-state index in [1.807, 2.05) is 48.5 Å². The molecule has 5 nitrogen and oxygen atoms in total. The number of allylic oxidation sites excluding steroid dienone is 1. The number of carbonyl (C=O) groups is 1. The van der Waals surface area contributed by atoms with Gasteiger partial charge in [0.2, 0.25) is 0 Å². The fourth-order valence-corrected chi connectivity index (χ4v) is 5.59. The van der Waals surface area contributed by atoms with Crippen LogP contribution in [0.4, 0.5) is 0 Å². The smallest absolute Gasteiger partial charge is 0.347 e. The zero-order valence-corrected chi connectivity index (χ0v) is 29.8. The van der Waals surface area contributed by atoms with Gasteiger partial charge in [-0.05, 0) is 73.2 Å². The van der Waals surface area contributed by atoms with Crippen molar-refractivity contribution in [2.24, 2.45) is 0 Å². The number of unbranched alkanes of at least 4 members (excludes halogenated alkanes) is 14. The Kier molecular flexibility index (Phi) is 19.7. The van der Waals surface area contributed by atoms with Crippen molar-refractivity contribution < 1.29 is 23.7 Å². The number of ether oxygens (including phenoxy) is 4. The SMILES string of the molecule is C=CCCCOc1cc(OCCCCCCCC)ccc1C(=O)Oc1ccc(-c2ccc(OCCCCCCCCCCC)cc2)cc1. The Morgan fingerprint density at radius 2 is 1.00 bits per heavy atom. The highest BCUT2D eigenvalue weighted by atomic mass is 16.5. The maximum Gasteiger partial charge on any atom is 0.347 e. The van der Waals surface area contributed by atoms with E-state index in [1.165, 1.54) is 77.0 Å². The van der Waals surface area contributed by atoms with Crippen LogP contribution >= 0.6 is 0 Å². The van der Waals surface area contributed by atoms with Crippen molar-refractivity contribution in [3.8, 4) is 34.1 Å². The first-order valence-electron chi connectivity index (χ1n) is 18.7. The molecular formula is C43H60O5. The average molecular weight is 657 g/mol. The second-order valence-electron chi connectivity index (χ2n) is 12.7. The molecule has 0 aromatic heterocycles. The van der Waals surface area contributed by atoms with Gasteiger partial charge in [0.1, 0.15) is 28.6 Å². The third-order valence-corrected chi connectivity index (χ3v) is 8.52. The highest BCUT2D eigenvalue weighted by molar-refractivity contribution is 5.94. The molecule has 0 amide bonds. The van der Waals surface area contributed by atoms with Gasteiger partial charge in [-0.3, -0.25) is 0 Å². The topological polar surface area (TPSA) is 54.0 Å². The summed E-state index contributed by atoms with van der Waals surface area (Å²) < 4.78 is 23.8. The minimum Gasteiger partial charge on any atom is -0.494 e. The zero-order valence-electron chi connectivity index (χ0n) is 29.8. The molecule has 0 saturated carbocycles. The Balaban J connectivity index is 1.48. The quantitative estimate of drug-likeness (QED) is 0.0354. The van der Waals surface area contributed by atoms with Gasteiger partial charge in [-0.15, -0.1) is 6.58 Å². The fourth-order valence-electron chi connectivity index (χ4n) is 5.59. The van der Waals surface area contributed by atoms with Gasteiger partial charge in [0.15, 0.2) is 0 Å². The summed E-state index contributed by atoms with van der Waals surface area (Å²) in [4.78, 5) is 13.2. The van der Waals surface area contributed by atoms with Crippen LogP contribution in [0.15, 0.2) is 79.4 Å². The van der Waals surface area contributed by atoms with Gasteiger partial charge in [-0.1, -0.05) is 128 Å². The maximum atomic E-state index is 13.2. The maximum absolute atomic E-state index is 13.2. The molecule has 0 aliphatic rings. The summed E-state index contributed by atoms with van der Waals surface area (Å²) in [6, 6.07) is 21.1. The van der Waals surface area contributed by atoms with E-state index < -0.39 is 5.97 Å². The van der Waals surface area contributed by atoms with Crippen molar-refractivity contribution >= 4 is 5.97 Å². The summed E-state index contributed by atoms with van der Waals surface area (Å²) in [5.74, 6) is 2.08. The van der Waals surface area contributed by atoms with E-state index in [9.17, 15) is 4.79 Å². The first kappa shape index (κ1) is 38.7. The van der Waals surface area contributed by atoms with Crippen molar-refractivity contribution in [1.29, 1.82) is 0 Å². The summed E-state index contributed by atoms with van der Waals surface area (Å²) in [7, 11) is 0. The van der Waals surface area contributed by atoms with E-state index in [1.54, 1.807) is 12.1 Å². The Morgan fingerprint density at radius 3 is 1.54 bits per heavy atom. The lowest BCUT2D eigenvalue weighted by Gasteiger charge is -2.14. The molecule has 0 unspecified atom stereocenters. The van der Waals surface area contributed by atoms with E-state index in [4.69, 9.17) is 18.9 Å². The highest BCUT2D eigenvalue weighted by Gasteiger charge is 2.17. The van der Waals surface area contributed by atoms with Crippen molar-refractivity contribution in [2.45, 2.75) is 123 Å². The summed E-state index contributed by atoms with van der Waals surface area (Å²) in [6.07, 6.45) is 22.5. The monoisotopic (exact) mass is 656 g/mol. The third kappa shape index (κ3) is 15.4. The van der Waals surface area contributed by atoms with Crippen molar-refractivity contribution in [3.63, 3.8) is 0 Å². The number of benzene rings is 3. The van der Waals surface area contributed by atoms with Gasteiger partial charge in [-0.25, -0.2) is 4.79 Å². The van der Waals surface area contributed by atoms with Gasteiger partial charge in [0, 0.05) is 6.07 Å². The van der Waals surface area contributed by atoms with Crippen LogP contribution in [-0.2, 0) is 0 Å². The van der Waals surface area contributed by atoms with Gasteiger partial charge in [0.25, 0.3) is 0 Å².